The molecule has 0 spiro atoms. The molecule has 17 N–H and O–H groups in total. The lowest BCUT2D eigenvalue weighted by atomic mass is 9.97. The number of aliphatic hydroxyl groups excluding tert-OH is 4. The molecule has 3 aliphatic heterocycles. The third-order valence-electron chi connectivity index (χ3n) is 11.3. The van der Waals surface area contributed by atoms with Crippen LogP contribution < -0.4 is 54.6 Å². The van der Waals surface area contributed by atoms with E-state index in [1.54, 1.807) is 27.7 Å². The highest BCUT2D eigenvalue weighted by atomic mass is 16.7. The van der Waals surface area contributed by atoms with Crippen LogP contribution in [0, 0.1) is 11.8 Å². The predicted molar refractivity (Wildman–Crippen MR) is 226 cm³/mol. The van der Waals surface area contributed by atoms with Gasteiger partial charge in [0.05, 0.1) is 12.1 Å². The maximum absolute atomic E-state index is 13.9. The molecule has 4 heterocycles. The van der Waals surface area contributed by atoms with Crippen LogP contribution >= 0.6 is 0 Å². The fourth-order valence-corrected chi connectivity index (χ4v) is 7.59. The molecule has 4 amide bonds. The zero-order chi connectivity index (χ0) is 49.2. The first-order chi connectivity index (χ1) is 31.1. The second kappa shape index (κ2) is 23.9. The Bertz CT molecular complexity index is 1990. The minimum Gasteiger partial charge on any atom is -0.480 e. The maximum atomic E-state index is 13.9. The third kappa shape index (κ3) is 13.2. The summed E-state index contributed by atoms with van der Waals surface area (Å²) in [7, 11) is 1.22. The first-order valence-electron chi connectivity index (χ1n) is 21.2. The number of hydrogen-bond donors (Lipinski definition) is 15. The van der Waals surface area contributed by atoms with E-state index in [9.17, 15) is 64.2 Å². The van der Waals surface area contributed by atoms with Crippen molar-refractivity contribution in [2.24, 2.45) is 28.3 Å². The summed E-state index contributed by atoms with van der Waals surface area (Å²) >= 11 is 0. The number of nitrogens with two attached hydrogens (primary N) is 2. The van der Waals surface area contributed by atoms with Crippen molar-refractivity contribution in [1.82, 2.24) is 41.5 Å². The maximum Gasteiger partial charge on any atom is 0.330 e. The summed E-state index contributed by atoms with van der Waals surface area (Å²) in [4.78, 5) is 95.6. The number of rotatable bonds is 23. The Morgan fingerprint density at radius 2 is 1.61 bits per heavy atom. The average Bonchev–Trinajstić information content (AvgIpc) is 3.72. The Kier molecular flexibility index (Phi) is 19.3. The summed E-state index contributed by atoms with van der Waals surface area (Å²) in [6.07, 6.45) is -14.3. The van der Waals surface area contributed by atoms with Gasteiger partial charge in [-0.3, -0.25) is 33.7 Å². The van der Waals surface area contributed by atoms with E-state index in [0.717, 1.165) is 16.8 Å². The summed E-state index contributed by atoms with van der Waals surface area (Å²) < 4.78 is 23.8. The largest absolute Gasteiger partial charge is 0.480 e. The van der Waals surface area contributed by atoms with Crippen molar-refractivity contribution in [1.29, 1.82) is 0 Å². The molecule has 15 atom stereocenters. The van der Waals surface area contributed by atoms with Gasteiger partial charge in [-0.2, -0.15) is 0 Å². The molecule has 28 heteroatoms. The summed E-state index contributed by atoms with van der Waals surface area (Å²) in [6, 6.07) is -7.11. The lowest BCUT2D eigenvalue weighted by molar-refractivity contribution is -0.231. The molecule has 28 nitrogen and oxygen atoms in total. The van der Waals surface area contributed by atoms with Crippen LogP contribution in [0.4, 0.5) is 4.79 Å². The molecule has 2 saturated heterocycles. The lowest BCUT2D eigenvalue weighted by Gasteiger charge is -2.34. The van der Waals surface area contributed by atoms with Gasteiger partial charge in [0.2, 0.25) is 11.8 Å². The van der Waals surface area contributed by atoms with Crippen LogP contribution in [0.1, 0.15) is 46.8 Å². The van der Waals surface area contributed by atoms with E-state index >= 15 is 0 Å². The number of aromatic amines is 1. The molecule has 372 valence electrons. The number of nitrogens with one attached hydrogen (secondary N) is 7. The fourth-order valence-electron chi connectivity index (χ4n) is 7.59. The van der Waals surface area contributed by atoms with Gasteiger partial charge in [0.15, 0.2) is 18.5 Å². The van der Waals surface area contributed by atoms with Crippen LogP contribution in [0.5, 0.6) is 0 Å². The van der Waals surface area contributed by atoms with Crippen molar-refractivity contribution in [2.75, 3.05) is 33.3 Å². The van der Waals surface area contributed by atoms with E-state index < -0.39 is 144 Å². The van der Waals surface area contributed by atoms with E-state index in [1.807, 2.05) is 4.98 Å². The number of methoxy groups -OCH3 is 1. The summed E-state index contributed by atoms with van der Waals surface area (Å²) in [5.74, 6) is -5.85. The number of amides is 4. The molecule has 0 unspecified atom stereocenters. The minimum absolute atomic E-state index is 0.0169. The Labute approximate surface area is 377 Å². The zero-order valence-electron chi connectivity index (χ0n) is 36.9. The number of urea groups is 1. The first kappa shape index (κ1) is 53.3. The van der Waals surface area contributed by atoms with Gasteiger partial charge in [-0.25, -0.2) is 14.4 Å². The summed E-state index contributed by atoms with van der Waals surface area (Å²) in [5, 5.41) is 79.5. The number of carboxylic acids is 2. The van der Waals surface area contributed by atoms with Crippen molar-refractivity contribution < 1.29 is 73.6 Å². The van der Waals surface area contributed by atoms with Gasteiger partial charge in [0.1, 0.15) is 66.9 Å². The van der Waals surface area contributed by atoms with Crippen LogP contribution in [0.25, 0.3) is 0 Å². The van der Waals surface area contributed by atoms with Crippen molar-refractivity contribution >= 4 is 35.7 Å². The number of hydrogen-bond acceptors (Lipinski definition) is 20. The molecular formula is C38H63N11O17. The number of aliphatic carboxylic acids is 2. The monoisotopic (exact) mass is 945 g/mol. The van der Waals surface area contributed by atoms with Crippen LogP contribution in [-0.2, 0) is 38.1 Å². The number of carbonyl (C=O) groups excluding carboxylic acids is 3. The molecule has 4 rings (SSSR count). The van der Waals surface area contributed by atoms with Crippen LogP contribution in [0.3, 0.4) is 0 Å². The van der Waals surface area contributed by atoms with Crippen molar-refractivity contribution in [3.63, 3.8) is 0 Å². The molecule has 0 saturated carbocycles. The van der Waals surface area contributed by atoms with Gasteiger partial charge in [-0.1, -0.05) is 27.7 Å². The number of aliphatic hydroxyl groups is 4. The molecule has 0 radical (unpaired) electrons. The molecule has 0 aliphatic carbocycles. The van der Waals surface area contributed by atoms with Crippen molar-refractivity contribution in [3.8, 4) is 0 Å². The number of guanidine groups is 1. The number of aliphatic imine (C=N–C) groups is 1. The normalized spacial score (nSPS) is 28.0. The van der Waals surface area contributed by atoms with Crippen LogP contribution in [0.15, 0.2) is 26.8 Å². The Balaban J connectivity index is 1.50. The topological polar surface area (TPSA) is 435 Å². The average molecular weight is 946 g/mol. The van der Waals surface area contributed by atoms with Crippen molar-refractivity contribution in [3.05, 3.63) is 33.1 Å². The van der Waals surface area contributed by atoms with E-state index in [-0.39, 0.29) is 45.0 Å². The molecule has 0 aromatic carbocycles. The number of ether oxygens (including phenoxy) is 4. The highest BCUT2D eigenvalue weighted by Gasteiger charge is 2.54. The van der Waals surface area contributed by atoms with Gasteiger partial charge < -0.3 is 93.0 Å². The molecule has 0 bridgehead atoms. The summed E-state index contributed by atoms with van der Waals surface area (Å²) in [6.45, 7) is 5.89. The molecular weight excluding hydrogens is 882 g/mol. The number of nitrogens with zero attached hydrogens (tertiary/aromatic N) is 2. The van der Waals surface area contributed by atoms with E-state index in [0.29, 0.717) is 0 Å². The molecule has 1 aromatic heterocycles. The van der Waals surface area contributed by atoms with Gasteiger partial charge in [0.25, 0.3) is 5.56 Å². The minimum atomic E-state index is -1.91. The number of H-pyrrole nitrogens is 1. The first-order valence-corrected chi connectivity index (χ1v) is 21.2. The van der Waals surface area contributed by atoms with E-state index in [4.69, 9.17) is 30.4 Å². The second-order valence-electron chi connectivity index (χ2n) is 16.7. The third-order valence-corrected chi connectivity index (χ3v) is 11.3. The Morgan fingerprint density at radius 3 is 2.18 bits per heavy atom. The van der Waals surface area contributed by atoms with E-state index in [2.05, 4.69) is 36.9 Å². The van der Waals surface area contributed by atoms with E-state index in [1.165, 1.54) is 7.11 Å². The standard InChI is InChI=1S/C38H63N11O17/c1-14(2)19(33(57)58)47-37(61)48-20(16-7-11-43-36(40)44-16)31(56)46-21(23(51)15(3)4)30(55)42-10-6-9-41-22(34(59)60)27(66-35-29(63-5)24(52)17(13-39)64-35)28-25(53)26(54)32(65-28)49-12-8-18(50)45-38(49)62/h8,12,14-17,19-29,32,35,41,51-54H,6-7,9-11,13,39H2,1-5H3,(H,42,55)(H,46,56)(H,57,58)(H,59,60)(H3,40,43,44)(H,45,50,62)(H2,47,48,61)/t16-,17+,19-,20-,21-,22-,23-,24+,25-,26+,27-,28-,29+,32+,35-/m0/s1. The van der Waals surface area contributed by atoms with Crippen LogP contribution in [-0.4, -0.2) is 195 Å². The SMILES string of the molecule is CO[C@H]1[C@H](O[C@H]([C@H]2O[C@@H](n3ccc(=O)[nH]c3=O)[C@H](O)[C@@H]2O)[C@H](NCCCNC(=O)[C@@H](NC(=O)[C@@H](NC(=O)N[C@H](C(=O)O)C(C)C)[C@@H]2CCN=C(N)N2)[C@@H](O)C(C)C)C(=O)O)O[C@H](CN)[C@H]1O. The number of aromatic nitrogens is 2. The smallest absolute Gasteiger partial charge is 0.330 e. The van der Waals surface area contributed by atoms with Gasteiger partial charge >= 0.3 is 23.7 Å². The van der Waals surface area contributed by atoms with Gasteiger partial charge in [-0.05, 0) is 31.2 Å². The van der Waals surface area contributed by atoms with Crippen LogP contribution in [0.2, 0.25) is 0 Å². The Hall–Kier alpha value is -5.30. The quantitative estimate of drug-likeness (QED) is 0.0453. The molecule has 3 aliphatic rings. The van der Waals surface area contributed by atoms with Gasteiger partial charge in [-0.15, -0.1) is 0 Å². The van der Waals surface area contributed by atoms with Crippen molar-refractivity contribution in [2.45, 2.75) is 132 Å². The zero-order valence-corrected chi connectivity index (χ0v) is 36.9. The lowest BCUT2D eigenvalue weighted by Crippen LogP contribution is -2.66. The second-order valence-corrected chi connectivity index (χ2v) is 16.7. The fraction of sp³-hybridized carbons (Fsp3) is 0.737. The predicted octanol–water partition coefficient (Wildman–Crippen LogP) is -6.90. The Morgan fingerprint density at radius 1 is 0.924 bits per heavy atom. The molecule has 66 heavy (non-hydrogen) atoms. The van der Waals surface area contributed by atoms with Gasteiger partial charge in [0, 0.05) is 39.0 Å². The number of carbonyl (C=O) groups is 5. The summed E-state index contributed by atoms with van der Waals surface area (Å²) in [5.41, 5.74) is 9.80. The highest BCUT2D eigenvalue weighted by molar-refractivity contribution is 5.94. The molecule has 2 fully saturated rings. The number of carboxylic acid groups (broad SMARTS) is 2. The highest BCUT2D eigenvalue weighted by Crippen LogP contribution is 2.35. The molecule has 1 aromatic rings.